The third kappa shape index (κ3) is 547. The van der Waals surface area contributed by atoms with Crippen molar-refractivity contribution in [1.29, 1.82) is 0 Å². The molecule has 0 aromatic rings. The van der Waals surface area contributed by atoms with Crippen molar-refractivity contribution < 1.29 is 45.2 Å². The Hall–Kier alpha value is 2.76. The first-order chi connectivity index (χ1) is 5.20. The van der Waals surface area contributed by atoms with Gasteiger partial charge < -0.3 is 45.2 Å². The average Bonchev–Trinajstić information content (AvgIpc) is 1.54. The van der Waals surface area contributed by atoms with Crippen LogP contribution in [0.5, 0.6) is 0 Å². The van der Waals surface area contributed by atoms with Crippen molar-refractivity contribution in [2.45, 2.75) is 0 Å². The van der Waals surface area contributed by atoms with Crippen LogP contribution in [-0.4, -0.2) is 136 Å². The summed E-state index contributed by atoms with van der Waals surface area (Å²) in [6, 6.07) is 0. The van der Waals surface area contributed by atoms with Gasteiger partial charge in [-0.2, -0.15) is 0 Å². The molecular formula is H13B3Cl3CsO9. The van der Waals surface area contributed by atoms with Gasteiger partial charge in [-0.3, -0.25) is 0 Å². The number of halogens is 3. The molecule has 0 aliphatic rings. The molecule has 0 aliphatic carbocycles. The van der Waals surface area contributed by atoms with Gasteiger partial charge in [0.25, 0.3) is 0 Å². The molecule has 0 aromatic carbocycles. The molecule has 16 heavy (non-hydrogen) atoms. The topological polar surface area (TPSA) is 182 Å². The molecule has 0 bridgehead atoms. The van der Waals surface area contributed by atoms with E-state index < -0.39 is 22.0 Å². The van der Waals surface area contributed by atoms with Gasteiger partial charge in [-0.05, 0) is 0 Å². The van der Waals surface area contributed by atoms with E-state index in [0.29, 0.717) is 0 Å². The second-order valence-corrected chi connectivity index (χ2v) is 1.04. The van der Waals surface area contributed by atoms with Crippen molar-refractivity contribution in [2.75, 3.05) is 0 Å². The molecular weight excluding hydrogens is 416 g/mol. The summed E-state index contributed by atoms with van der Waals surface area (Å²) in [4.78, 5) is 0. The molecule has 0 amide bonds. The molecule has 9 N–H and O–H groups in total. The van der Waals surface area contributed by atoms with Gasteiger partial charge in [-0.25, -0.2) is 0 Å². The third-order valence-corrected chi connectivity index (χ3v) is 0. The Morgan fingerprint density at radius 2 is 0.375 bits per heavy atom. The number of rotatable bonds is 0. The minimum absolute atomic E-state index is 0. The van der Waals surface area contributed by atoms with Crippen molar-refractivity contribution >= 4 is 128 Å². The molecule has 0 aromatic heterocycles. The fourth-order valence-electron chi connectivity index (χ4n) is 0. The zero-order chi connectivity index (χ0) is 10.7. The van der Waals surface area contributed by atoms with Gasteiger partial charge >= 0.3 is 90.9 Å². The van der Waals surface area contributed by atoms with Crippen molar-refractivity contribution in [3.8, 4) is 0 Å². The van der Waals surface area contributed by atoms with E-state index in [9.17, 15) is 0 Å². The van der Waals surface area contributed by atoms with Crippen molar-refractivity contribution in [1.82, 2.24) is 0 Å². The van der Waals surface area contributed by atoms with E-state index in [0.717, 1.165) is 0 Å². The molecule has 0 unspecified atom stereocenters. The quantitative estimate of drug-likeness (QED) is 0.170. The SMILES string of the molecule is Cl.Cl.Cl.OB(O)O.OB(O)O.OB(O)O.[CsH]. The van der Waals surface area contributed by atoms with Crippen LogP contribution in [0, 0.1) is 0 Å². The van der Waals surface area contributed by atoms with Crippen LogP contribution in [0.15, 0.2) is 0 Å². The summed E-state index contributed by atoms with van der Waals surface area (Å²) in [5, 5.41) is 64.5. The molecule has 0 radical (unpaired) electrons. The second-order valence-electron chi connectivity index (χ2n) is 1.04. The first-order valence-corrected chi connectivity index (χ1v) is 2.32. The monoisotopic (exact) mass is 428 g/mol. The summed E-state index contributed by atoms with van der Waals surface area (Å²) in [6.07, 6.45) is 0. The molecule has 98 valence electrons. The van der Waals surface area contributed by atoms with Gasteiger partial charge in [0.15, 0.2) is 0 Å². The Kier molecular flexibility index (Phi) is 96.5. The summed E-state index contributed by atoms with van der Waals surface area (Å²) in [5.74, 6) is 0. The van der Waals surface area contributed by atoms with Gasteiger partial charge in [-0.1, -0.05) is 0 Å². The van der Waals surface area contributed by atoms with Crippen LogP contribution in [0.2, 0.25) is 0 Å². The van der Waals surface area contributed by atoms with Crippen molar-refractivity contribution in [2.24, 2.45) is 0 Å². The second kappa shape index (κ2) is 36.1. The van der Waals surface area contributed by atoms with Gasteiger partial charge in [0, 0.05) is 0 Å². The number of hydrogen-bond donors (Lipinski definition) is 9. The summed E-state index contributed by atoms with van der Waals surface area (Å²) in [6.45, 7) is 0. The first-order valence-electron chi connectivity index (χ1n) is 2.32. The van der Waals surface area contributed by atoms with E-state index in [1.807, 2.05) is 0 Å². The zero-order valence-corrected chi connectivity index (χ0v) is 9.43. The van der Waals surface area contributed by atoms with Crippen LogP contribution in [-0.2, 0) is 0 Å². The molecule has 0 spiro atoms. The first kappa shape index (κ1) is 42.8. The Bertz CT molecular complexity index is 54.5. The normalized spacial score (nSPS) is 5.06. The Balaban J connectivity index is -0.0000000135. The van der Waals surface area contributed by atoms with Gasteiger partial charge in [0.1, 0.15) is 0 Å². The van der Waals surface area contributed by atoms with Gasteiger partial charge in [0.05, 0.1) is 0 Å². The molecule has 0 heterocycles. The molecule has 0 rings (SSSR count). The van der Waals surface area contributed by atoms with E-state index in [-0.39, 0.29) is 106 Å². The fourth-order valence-corrected chi connectivity index (χ4v) is 0. The van der Waals surface area contributed by atoms with Crippen LogP contribution in [0.1, 0.15) is 0 Å². The van der Waals surface area contributed by atoms with E-state index in [1.54, 1.807) is 0 Å². The maximum atomic E-state index is 7.17. The zero-order valence-electron chi connectivity index (χ0n) is 6.98. The van der Waals surface area contributed by atoms with Crippen molar-refractivity contribution in [3.05, 3.63) is 0 Å². The van der Waals surface area contributed by atoms with Gasteiger partial charge in [0.2, 0.25) is 0 Å². The molecule has 0 fully saturated rings. The minimum atomic E-state index is -2.17. The van der Waals surface area contributed by atoms with Crippen LogP contribution < -0.4 is 0 Å². The summed E-state index contributed by atoms with van der Waals surface area (Å²) < 4.78 is 0. The van der Waals surface area contributed by atoms with Crippen LogP contribution in [0.3, 0.4) is 0 Å². The fraction of sp³-hybridized carbons (Fsp3) is 0. The maximum absolute atomic E-state index is 7.17. The van der Waals surface area contributed by atoms with E-state index in [4.69, 9.17) is 45.2 Å². The van der Waals surface area contributed by atoms with Gasteiger partial charge in [-0.15, -0.1) is 37.2 Å². The predicted octanol–water partition coefficient (Wildman–Crippen LogP) is -5.54. The standard InChI is InChI=1S/3BH3O3.3ClH.Cs.H/c3*2-1(3)4;;;;;/h3*2-4H;3*1H;;. The van der Waals surface area contributed by atoms with Crippen molar-refractivity contribution in [3.63, 3.8) is 0 Å². The molecule has 0 atom stereocenters. The van der Waals surface area contributed by atoms with Crippen LogP contribution in [0.4, 0.5) is 0 Å². The summed E-state index contributed by atoms with van der Waals surface area (Å²) >= 11 is 0. The average molecular weight is 429 g/mol. The van der Waals surface area contributed by atoms with E-state index in [2.05, 4.69) is 0 Å². The molecule has 0 aliphatic heterocycles. The Morgan fingerprint density at radius 3 is 0.375 bits per heavy atom. The number of hydrogen-bond acceptors (Lipinski definition) is 9. The Labute approximate surface area is 170 Å². The Morgan fingerprint density at radius 1 is 0.375 bits per heavy atom. The van der Waals surface area contributed by atoms with Crippen LogP contribution in [0.25, 0.3) is 0 Å². The van der Waals surface area contributed by atoms with E-state index >= 15 is 0 Å². The van der Waals surface area contributed by atoms with Crippen LogP contribution >= 0.6 is 37.2 Å². The summed E-state index contributed by atoms with van der Waals surface area (Å²) in [5.41, 5.74) is 0. The van der Waals surface area contributed by atoms with E-state index in [1.165, 1.54) is 0 Å². The molecule has 9 nitrogen and oxygen atoms in total. The third-order valence-electron chi connectivity index (χ3n) is 0. The molecule has 0 saturated carbocycles. The predicted molar refractivity (Wildman–Crippen MR) is 66.1 cm³/mol. The summed E-state index contributed by atoms with van der Waals surface area (Å²) in [7, 11) is -6.50. The molecule has 0 saturated heterocycles. The molecule has 16 heteroatoms.